The molecular formula is C6H10FIO2. The van der Waals surface area contributed by atoms with E-state index in [9.17, 15) is 4.39 Å². The number of aliphatic hydroxyl groups is 1. The molecule has 0 aromatic carbocycles. The zero-order valence-electron chi connectivity index (χ0n) is 5.63. The first kappa shape index (κ1) is 8.67. The van der Waals surface area contributed by atoms with Crippen LogP contribution in [0.25, 0.3) is 0 Å². The summed E-state index contributed by atoms with van der Waals surface area (Å²) in [6.07, 6.45) is -2.90. The first-order chi connectivity index (χ1) is 4.66. The Morgan fingerprint density at radius 1 is 1.70 bits per heavy atom. The Labute approximate surface area is 72.9 Å². The van der Waals surface area contributed by atoms with E-state index in [4.69, 9.17) is 9.84 Å². The lowest BCUT2D eigenvalue weighted by Crippen LogP contribution is -2.29. The minimum atomic E-state index is -1.21. The van der Waals surface area contributed by atoms with Crippen LogP contribution in [0.4, 0.5) is 4.39 Å². The molecule has 1 fully saturated rings. The molecule has 1 aliphatic rings. The minimum Gasteiger partial charge on any atom is -0.387 e. The average Bonchev–Trinajstić information content (AvgIpc) is 2.17. The molecule has 2 nitrogen and oxygen atoms in total. The molecule has 1 rings (SSSR count). The fourth-order valence-electron chi connectivity index (χ4n) is 1.04. The van der Waals surface area contributed by atoms with Gasteiger partial charge in [-0.3, -0.25) is 0 Å². The minimum absolute atomic E-state index is 0.314. The molecule has 1 heterocycles. The van der Waals surface area contributed by atoms with Crippen molar-refractivity contribution in [3.8, 4) is 0 Å². The third kappa shape index (κ3) is 1.43. The fraction of sp³-hybridized carbons (Fsp3) is 1.00. The van der Waals surface area contributed by atoms with Crippen LogP contribution >= 0.6 is 22.6 Å². The fourth-order valence-corrected chi connectivity index (χ4v) is 1.77. The largest absolute Gasteiger partial charge is 0.387 e. The predicted molar refractivity (Wildman–Crippen MR) is 44.1 cm³/mol. The molecule has 0 spiro atoms. The summed E-state index contributed by atoms with van der Waals surface area (Å²) in [5.74, 6) is 0. The molecule has 3 unspecified atom stereocenters. The van der Waals surface area contributed by atoms with E-state index < -0.39 is 18.4 Å². The summed E-state index contributed by atoms with van der Waals surface area (Å²) in [6.45, 7) is 1.64. The third-order valence-corrected chi connectivity index (χ3v) is 2.57. The van der Waals surface area contributed by atoms with Gasteiger partial charge in [-0.2, -0.15) is 0 Å². The van der Waals surface area contributed by atoms with Gasteiger partial charge in [-0.15, -0.1) is 0 Å². The van der Waals surface area contributed by atoms with E-state index in [-0.39, 0.29) is 6.10 Å². The first-order valence-corrected chi connectivity index (χ1v) is 4.73. The summed E-state index contributed by atoms with van der Waals surface area (Å²) in [7, 11) is 0. The van der Waals surface area contributed by atoms with Gasteiger partial charge in [0.1, 0.15) is 6.10 Å². The van der Waals surface area contributed by atoms with Crippen LogP contribution in [0.1, 0.15) is 6.92 Å². The summed E-state index contributed by atoms with van der Waals surface area (Å²) in [6, 6.07) is 0. The van der Waals surface area contributed by atoms with Gasteiger partial charge in [0.25, 0.3) is 0 Å². The van der Waals surface area contributed by atoms with Crippen LogP contribution in [-0.2, 0) is 4.74 Å². The van der Waals surface area contributed by atoms with Crippen molar-refractivity contribution < 1.29 is 14.2 Å². The summed E-state index contributed by atoms with van der Waals surface area (Å²) in [5, 5.41) is 9.12. The number of hydrogen-bond acceptors (Lipinski definition) is 2. The zero-order valence-corrected chi connectivity index (χ0v) is 7.79. The van der Waals surface area contributed by atoms with Crippen LogP contribution < -0.4 is 0 Å². The highest BCUT2D eigenvalue weighted by molar-refractivity contribution is 14.1. The Hall–Kier alpha value is 0.580. The SMILES string of the molecule is C[C@@H]1OC(CI)C(O)C1F. The second kappa shape index (κ2) is 3.32. The molecule has 1 N–H and O–H groups in total. The average molecular weight is 260 g/mol. The van der Waals surface area contributed by atoms with Crippen molar-refractivity contribution >= 4 is 22.6 Å². The van der Waals surface area contributed by atoms with E-state index in [0.717, 1.165) is 0 Å². The second-order valence-corrected chi connectivity index (χ2v) is 3.35. The van der Waals surface area contributed by atoms with Crippen molar-refractivity contribution in [1.29, 1.82) is 0 Å². The second-order valence-electron chi connectivity index (χ2n) is 2.47. The quantitative estimate of drug-likeness (QED) is 0.561. The van der Waals surface area contributed by atoms with Crippen LogP contribution in [0.2, 0.25) is 0 Å². The lowest BCUT2D eigenvalue weighted by molar-refractivity contribution is 0.0335. The van der Waals surface area contributed by atoms with Gasteiger partial charge in [0, 0.05) is 4.43 Å². The normalized spacial score (nSPS) is 48.0. The van der Waals surface area contributed by atoms with Gasteiger partial charge >= 0.3 is 0 Å². The van der Waals surface area contributed by atoms with Crippen molar-refractivity contribution in [2.45, 2.75) is 31.4 Å². The monoisotopic (exact) mass is 260 g/mol. The van der Waals surface area contributed by atoms with Crippen LogP contribution in [0.5, 0.6) is 0 Å². The molecule has 60 valence electrons. The molecule has 10 heavy (non-hydrogen) atoms. The van der Waals surface area contributed by atoms with Gasteiger partial charge in [-0.05, 0) is 6.92 Å². The van der Waals surface area contributed by atoms with Crippen LogP contribution in [0, 0.1) is 0 Å². The number of hydrogen-bond donors (Lipinski definition) is 1. The number of rotatable bonds is 1. The zero-order chi connectivity index (χ0) is 7.72. The maximum atomic E-state index is 12.8. The highest BCUT2D eigenvalue weighted by Crippen LogP contribution is 2.24. The maximum absolute atomic E-state index is 12.8. The van der Waals surface area contributed by atoms with Gasteiger partial charge in [-0.1, -0.05) is 22.6 Å². The van der Waals surface area contributed by atoms with Crippen LogP contribution in [-0.4, -0.2) is 34.0 Å². The van der Waals surface area contributed by atoms with Gasteiger partial charge in [0.15, 0.2) is 6.17 Å². The van der Waals surface area contributed by atoms with Crippen molar-refractivity contribution in [3.63, 3.8) is 0 Å². The smallest absolute Gasteiger partial charge is 0.154 e. The molecule has 0 saturated carbocycles. The highest BCUT2D eigenvalue weighted by atomic mass is 127. The van der Waals surface area contributed by atoms with Crippen molar-refractivity contribution in [3.05, 3.63) is 0 Å². The standard InChI is InChI=1S/C6H10FIO2/c1-3-5(7)6(9)4(2-8)10-3/h3-6,9H,2H2,1H3/t3-,4?,5?,6?/m0/s1. The Kier molecular flexibility index (Phi) is 2.88. The topological polar surface area (TPSA) is 29.5 Å². The Morgan fingerprint density at radius 2 is 2.30 bits per heavy atom. The van der Waals surface area contributed by atoms with Gasteiger partial charge in [0.05, 0.1) is 12.2 Å². The van der Waals surface area contributed by atoms with E-state index in [1.165, 1.54) is 0 Å². The molecule has 0 bridgehead atoms. The van der Waals surface area contributed by atoms with Crippen molar-refractivity contribution in [1.82, 2.24) is 0 Å². The van der Waals surface area contributed by atoms with Crippen LogP contribution in [0.15, 0.2) is 0 Å². The molecule has 0 aromatic heterocycles. The lowest BCUT2D eigenvalue weighted by atomic mass is 10.1. The van der Waals surface area contributed by atoms with E-state index in [1.54, 1.807) is 6.92 Å². The molecule has 4 heteroatoms. The van der Waals surface area contributed by atoms with Crippen molar-refractivity contribution in [2.75, 3.05) is 4.43 Å². The maximum Gasteiger partial charge on any atom is 0.154 e. The van der Waals surface area contributed by atoms with E-state index in [2.05, 4.69) is 22.6 Å². The highest BCUT2D eigenvalue weighted by Gasteiger charge is 2.40. The van der Waals surface area contributed by atoms with E-state index >= 15 is 0 Å². The van der Waals surface area contributed by atoms with Crippen molar-refractivity contribution in [2.24, 2.45) is 0 Å². The molecular weight excluding hydrogens is 250 g/mol. The Morgan fingerprint density at radius 3 is 2.50 bits per heavy atom. The van der Waals surface area contributed by atoms with Gasteiger partial charge < -0.3 is 9.84 Å². The van der Waals surface area contributed by atoms with E-state index in [0.29, 0.717) is 4.43 Å². The molecule has 0 aliphatic carbocycles. The molecule has 0 amide bonds. The Bertz CT molecular complexity index is 122. The predicted octanol–water partition coefficient (Wildman–Crippen LogP) is 0.908. The summed E-state index contributed by atoms with van der Waals surface area (Å²) in [5.41, 5.74) is 0. The van der Waals surface area contributed by atoms with Gasteiger partial charge in [0.2, 0.25) is 0 Å². The summed E-state index contributed by atoms with van der Waals surface area (Å²) >= 11 is 2.07. The molecule has 4 atom stereocenters. The third-order valence-electron chi connectivity index (χ3n) is 1.70. The van der Waals surface area contributed by atoms with E-state index in [1.807, 2.05) is 0 Å². The summed E-state index contributed by atoms with van der Waals surface area (Å²) in [4.78, 5) is 0. The number of halogens is 2. The van der Waals surface area contributed by atoms with Crippen LogP contribution in [0.3, 0.4) is 0 Å². The first-order valence-electron chi connectivity index (χ1n) is 3.20. The molecule has 0 radical (unpaired) electrons. The summed E-state index contributed by atoms with van der Waals surface area (Å²) < 4.78 is 18.5. The number of alkyl halides is 2. The number of aliphatic hydroxyl groups excluding tert-OH is 1. The lowest BCUT2D eigenvalue weighted by Gasteiger charge is -2.08. The molecule has 0 aromatic rings. The number of ether oxygens (including phenoxy) is 1. The van der Waals surface area contributed by atoms with Gasteiger partial charge in [-0.25, -0.2) is 4.39 Å². The molecule has 1 aliphatic heterocycles. The Balaban J connectivity index is 2.53. The molecule has 1 saturated heterocycles.